The third-order valence-corrected chi connectivity index (χ3v) is 2.18. The van der Waals surface area contributed by atoms with Crippen LogP contribution in [0, 0.1) is 5.41 Å². The van der Waals surface area contributed by atoms with Gasteiger partial charge in [0, 0.05) is 6.84 Å². The van der Waals surface area contributed by atoms with Crippen molar-refractivity contribution in [1.29, 1.82) is 0 Å². The van der Waals surface area contributed by atoms with Crippen LogP contribution in [0.25, 0.3) is 0 Å². The van der Waals surface area contributed by atoms with Gasteiger partial charge in [-0.25, -0.2) is 0 Å². The summed E-state index contributed by atoms with van der Waals surface area (Å²) in [5.41, 5.74) is 6.38. The van der Waals surface area contributed by atoms with Crippen molar-refractivity contribution in [3.05, 3.63) is 35.9 Å². The van der Waals surface area contributed by atoms with Crippen molar-refractivity contribution in [2.24, 2.45) is 11.1 Å². The van der Waals surface area contributed by atoms with Crippen LogP contribution < -0.4 is 5.73 Å². The average Bonchev–Trinajstić information content (AvgIpc) is 2.30. The first-order chi connectivity index (χ1) is 7.43. The predicted octanol–water partition coefficient (Wildman–Crippen LogP) is 3.57. The molecule has 0 fully saturated rings. The van der Waals surface area contributed by atoms with Crippen molar-refractivity contribution in [2.45, 2.75) is 40.7 Å². The molecule has 2 N–H and O–H groups in total. The second-order valence-electron chi connectivity index (χ2n) is 4.50. The van der Waals surface area contributed by atoms with E-state index in [-0.39, 0.29) is 12.6 Å². The molecule has 1 aromatic rings. The van der Waals surface area contributed by atoms with Crippen LogP contribution in [0.2, 0.25) is 0 Å². The number of hydrogen-bond donors (Lipinski definition) is 1. The summed E-state index contributed by atoms with van der Waals surface area (Å²) in [7, 11) is 0. The summed E-state index contributed by atoms with van der Waals surface area (Å²) in [4.78, 5) is 11.8. The van der Waals surface area contributed by atoms with Gasteiger partial charge < -0.3 is 5.73 Å². The van der Waals surface area contributed by atoms with E-state index < -0.39 is 6.04 Å². The standard InChI is InChI=1S/C12H17NO.C2H6.H2/c1-12(2,3)11(14)10(13)9-7-5-4-6-8-9;1-2;/h4-8,10H,13H2,1-3H3;1-2H3;1H/t10-;;/m0../s1. The number of nitrogens with two attached hydrogens (primary N) is 1. The quantitative estimate of drug-likeness (QED) is 0.832. The lowest BCUT2D eigenvalue weighted by molar-refractivity contribution is -0.127. The van der Waals surface area contributed by atoms with Crippen molar-refractivity contribution in [3.8, 4) is 0 Å². The van der Waals surface area contributed by atoms with Crippen LogP contribution in [-0.2, 0) is 4.79 Å². The van der Waals surface area contributed by atoms with Crippen LogP contribution in [0.15, 0.2) is 30.3 Å². The molecule has 0 unspecified atom stereocenters. The first-order valence-electron chi connectivity index (χ1n) is 5.78. The van der Waals surface area contributed by atoms with E-state index in [2.05, 4.69) is 0 Å². The number of benzene rings is 1. The van der Waals surface area contributed by atoms with Gasteiger partial charge in [-0.2, -0.15) is 0 Å². The van der Waals surface area contributed by atoms with E-state index in [4.69, 9.17) is 5.73 Å². The van der Waals surface area contributed by atoms with Gasteiger partial charge in [0.05, 0.1) is 6.04 Å². The Hall–Kier alpha value is -1.15. The Morgan fingerprint density at radius 3 is 2.00 bits per heavy atom. The number of carbonyl (C=O) groups excluding carboxylic acids is 1. The second-order valence-corrected chi connectivity index (χ2v) is 4.50. The summed E-state index contributed by atoms with van der Waals surface area (Å²) < 4.78 is 0. The molecule has 0 amide bonds. The molecule has 0 radical (unpaired) electrons. The minimum absolute atomic E-state index is 0. The zero-order valence-electron chi connectivity index (χ0n) is 10.9. The van der Waals surface area contributed by atoms with E-state index in [9.17, 15) is 4.79 Å². The summed E-state index contributed by atoms with van der Waals surface area (Å²) in [6.45, 7) is 9.66. The number of ketones is 1. The van der Waals surface area contributed by atoms with Gasteiger partial charge in [0.25, 0.3) is 0 Å². The molecular formula is C14H25NO. The van der Waals surface area contributed by atoms with Gasteiger partial charge in [0.1, 0.15) is 0 Å². The molecule has 2 heteroatoms. The lowest BCUT2D eigenvalue weighted by Gasteiger charge is -2.21. The zero-order chi connectivity index (χ0) is 12.8. The van der Waals surface area contributed by atoms with E-state index in [1.165, 1.54) is 0 Å². The maximum absolute atomic E-state index is 11.8. The normalized spacial score (nSPS) is 12.4. The van der Waals surface area contributed by atoms with Gasteiger partial charge in [-0.15, -0.1) is 0 Å². The van der Waals surface area contributed by atoms with Crippen LogP contribution in [0.3, 0.4) is 0 Å². The van der Waals surface area contributed by atoms with E-state index in [1.54, 1.807) is 0 Å². The van der Waals surface area contributed by atoms with Crippen LogP contribution >= 0.6 is 0 Å². The smallest absolute Gasteiger partial charge is 0.159 e. The molecule has 0 aliphatic carbocycles. The predicted molar refractivity (Wildman–Crippen MR) is 71.3 cm³/mol. The van der Waals surface area contributed by atoms with Gasteiger partial charge in [0.15, 0.2) is 5.78 Å². The van der Waals surface area contributed by atoms with Crippen molar-refractivity contribution in [1.82, 2.24) is 0 Å². The topological polar surface area (TPSA) is 43.1 Å². The molecule has 0 heterocycles. The molecule has 0 saturated heterocycles. The monoisotopic (exact) mass is 223 g/mol. The van der Waals surface area contributed by atoms with Crippen LogP contribution in [0.5, 0.6) is 0 Å². The minimum atomic E-state index is -0.504. The Bertz CT molecular complexity index is 317. The highest BCUT2D eigenvalue weighted by atomic mass is 16.1. The van der Waals surface area contributed by atoms with Gasteiger partial charge in [0.2, 0.25) is 0 Å². The largest absolute Gasteiger partial charge is 0.318 e. The Kier molecular flexibility index (Phi) is 5.97. The fourth-order valence-electron chi connectivity index (χ4n) is 1.28. The van der Waals surface area contributed by atoms with Crippen molar-refractivity contribution >= 4 is 5.78 Å². The van der Waals surface area contributed by atoms with Gasteiger partial charge >= 0.3 is 0 Å². The first-order valence-corrected chi connectivity index (χ1v) is 5.78. The number of Topliss-reactive ketones (excluding diaryl/α,β-unsaturated/α-hetero) is 1. The third kappa shape index (κ3) is 4.15. The molecule has 2 nitrogen and oxygen atoms in total. The summed E-state index contributed by atoms with van der Waals surface area (Å²) in [5.74, 6) is 0.0729. The van der Waals surface area contributed by atoms with E-state index in [1.807, 2.05) is 65.0 Å². The fourth-order valence-corrected chi connectivity index (χ4v) is 1.28. The number of carbonyl (C=O) groups is 1. The summed E-state index contributed by atoms with van der Waals surface area (Å²) in [6.07, 6.45) is 0. The molecule has 0 aliphatic rings. The molecule has 0 spiro atoms. The number of hydrogen-bond acceptors (Lipinski definition) is 2. The van der Waals surface area contributed by atoms with Gasteiger partial charge in [-0.3, -0.25) is 4.79 Å². The summed E-state index contributed by atoms with van der Waals surface area (Å²) >= 11 is 0. The zero-order valence-corrected chi connectivity index (χ0v) is 10.9. The molecule has 1 aromatic carbocycles. The lowest BCUT2D eigenvalue weighted by atomic mass is 9.84. The van der Waals surface area contributed by atoms with E-state index in [0.717, 1.165) is 5.56 Å². The molecule has 0 saturated carbocycles. The van der Waals surface area contributed by atoms with Crippen molar-refractivity contribution < 1.29 is 6.22 Å². The Morgan fingerprint density at radius 2 is 1.62 bits per heavy atom. The van der Waals surface area contributed by atoms with Gasteiger partial charge in [-0.05, 0) is 5.56 Å². The average molecular weight is 223 g/mol. The Balaban J connectivity index is 0. The van der Waals surface area contributed by atoms with E-state index >= 15 is 0 Å². The molecular weight excluding hydrogens is 198 g/mol. The first kappa shape index (κ1) is 14.8. The molecule has 0 bridgehead atoms. The van der Waals surface area contributed by atoms with Crippen molar-refractivity contribution in [3.63, 3.8) is 0 Å². The molecule has 0 aromatic heterocycles. The number of rotatable bonds is 2. The van der Waals surface area contributed by atoms with E-state index in [0.29, 0.717) is 0 Å². The van der Waals surface area contributed by atoms with Crippen LogP contribution in [0.1, 0.15) is 47.7 Å². The third-order valence-electron chi connectivity index (χ3n) is 2.18. The van der Waals surface area contributed by atoms with Crippen molar-refractivity contribution in [2.75, 3.05) is 0 Å². The molecule has 1 rings (SSSR count). The molecule has 92 valence electrons. The summed E-state index contributed by atoms with van der Waals surface area (Å²) in [6, 6.07) is 8.97. The second kappa shape index (κ2) is 6.44. The summed E-state index contributed by atoms with van der Waals surface area (Å²) in [5, 5.41) is 0. The van der Waals surface area contributed by atoms with Crippen LogP contribution in [-0.4, -0.2) is 5.78 Å². The van der Waals surface area contributed by atoms with Gasteiger partial charge in [-0.1, -0.05) is 65.0 Å². The Labute approximate surface area is 100 Å². The lowest BCUT2D eigenvalue weighted by Crippen LogP contribution is -2.31. The maximum atomic E-state index is 11.8. The molecule has 16 heavy (non-hydrogen) atoms. The highest BCUT2D eigenvalue weighted by Gasteiger charge is 2.27. The minimum Gasteiger partial charge on any atom is -0.318 e. The highest BCUT2D eigenvalue weighted by Crippen LogP contribution is 2.23. The fraction of sp³-hybridized carbons (Fsp3) is 0.500. The SMILES string of the molecule is CC.CC(C)(C)C(=O)[C@@H](N)c1ccccc1.[HH]. The van der Waals surface area contributed by atoms with Crippen LogP contribution in [0.4, 0.5) is 0 Å². The molecule has 0 aliphatic heterocycles. The highest BCUT2D eigenvalue weighted by molar-refractivity contribution is 5.89. The Morgan fingerprint density at radius 1 is 1.19 bits per heavy atom. The maximum Gasteiger partial charge on any atom is 0.159 e. The molecule has 1 atom stereocenters.